The molecule has 0 spiro atoms. The van der Waals surface area contributed by atoms with Crippen molar-refractivity contribution in [3.8, 4) is 0 Å². The van der Waals surface area contributed by atoms with E-state index in [4.69, 9.17) is 11.6 Å². The highest BCUT2D eigenvalue weighted by Crippen LogP contribution is 2.09. The number of carbonyl (C=O) groups excluding carboxylic acids is 1. The Morgan fingerprint density at radius 1 is 1.05 bits per heavy atom. The molecule has 1 amide bonds. The van der Waals surface area contributed by atoms with Crippen LogP contribution in [0.4, 0.5) is 10.1 Å². The van der Waals surface area contributed by atoms with Gasteiger partial charge in [-0.25, -0.2) is 4.39 Å². The zero-order chi connectivity index (χ0) is 15.1. The molecule has 3 nitrogen and oxygen atoms in total. The standard InChI is InChI=1S/C16H16ClFN2O/c17-13-3-1-12(2-4-13)9-10-19-11-16(21)20-15-7-5-14(18)6-8-15/h1-8,19H,9-11H2,(H,20,21). The van der Waals surface area contributed by atoms with Gasteiger partial charge in [-0.3, -0.25) is 4.79 Å². The van der Waals surface area contributed by atoms with Gasteiger partial charge in [-0.05, 0) is 54.9 Å². The van der Waals surface area contributed by atoms with E-state index >= 15 is 0 Å². The van der Waals surface area contributed by atoms with Gasteiger partial charge in [-0.15, -0.1) is 0 Å². The summed E-state index contributed by atoms with van der Waals surface area (Å²) in [4.78, 5) is 11.7. The van der Waals surface area contributed by atoms with Crippen molar-refractivity contribution in [1.29, 1.82) is 0 Å². The number of nitrogens with one attached hydrogen (secondary N) is 2. The van der Waals surface area contributed by atoms with Crippen LogP contribution in [0.1, 0.15) is 5.56 Å². The molecule has 0 radical (unpaired) electrons. The molecule has 0 atom stereocenters. The SMILES string of the molecule is O=C(CNCCc1ccc(Cl)cc1)Nc1ccc(F)cc1. The molecule has 2 N–H and O–H groups in total. The lowest BCUT2D eigenvalue weighted by Gasteiger charge is -2.07. The molecule has 2 aromatic rings. The number of rotatable bonds is 6. The zero-order valence-electron chi connectivity index (χ0n) is 11.4. The van der Waals surface area contributed by atoms with E-state index in [0.717, 1.165) is 12.0 Å². The van der Waals surface area contributed by atoms with Gasteiger partial charge in [-0.2, -0.15) is 0 Å². The van der Waals surface area contributed by atoms with Crippen molar-refractivity contribution < 1.29 is 9.18 Å². The number of amides is 1. The molecule has 2 rings (SSSR count). The summed E-state index contributed by atoms with van der Waals surface area (Å²) in [7, 11) is 0. The molecule has 21 heavy (non-hydrogen) atoms. The molecule has 0 aliphatic heterocycles. The van der Waals surface area contributed by atoms with Crippen molar-refractivity contribution in [1.82, 2.24) is 5.32 Å². The molecule has 110 valence electrons. The maximum atomic E-state index is 12.7. The molecule has 0 saturated carbocycles. The molecule has 2 aromatic carbocycles. The first-order valence-corrected chi connectivity index (χ1v) is 7.02. The van der Waals surface area contributed by atoms with E-state index in [9.17, 15) is 9.18 Å². The monoisotopic (exact) mass is 306 g/mol. The summed E-state index contributed by atoms with van der Waals surface area (Å²) in [5.41, 5.74) is 1.74. The van der Waals surface area contributed by atoms with Gasteiger partial charge in [0.2, 0.25) is 5.91 Å². The highest BCUT2D eigenvalue weighted by molar-refractivity contribution is 6.30. The molecule has 0 aliphatic carbocycles. The third-order valence-electron chi connectivity index (χ3n) is 2.92. The molecule has 0 aromatic heterocycles. The second-order valence-corrected chi connectivity index (χ2v) is 5.04. The molecule has 5 heteroatoms. The van der Waals surface area contributed by atoms with E-state index in [1.807, 2.05) is 24.3 Å². The maximum absolute atomic E-state index is 12.7. The third-order valence-corrected chi connectivity index (χ3v) is 3.17. The Kier molecular flexibility index (Phi) is 5.72. The lowest BCUT2D eigenvalue weighted by molar-refractivity contribution is -0.115. The van der Waals surface area contributed by atoms with Gasteiger partial charge in [0.25, 0.3) is 0 Å². The van der Waals surface area contributed by atoms with Crippen LogP contribution >= 0.6 is 11.6 Å². The van der Waals surface area contributed by atoms with E-state index in [1.165, 1.54) is 24.3 Å². The van der Waals surface area contributed by atoms with E-state index < -0.39 is 0 Å². The highest BCUT2D eigenvalue weighted by Gasteiger charge is 2.02. The molecule has 0 fully saturated rings. The fraction of sp³-hybridized carbons (Fsp3) is 0.188. The average molecular weight is 307 g/mol. The van der Waals surface area contributed by atoms with E-state index in [1.54, 1.807) is 0 Å². The second-order valence-electron chi connectivity index (χ2n) is 4.61. The van der Waals surface area contributed by atoms with Gasteiger partial charge in [-0.1, -0.05) is 23.7 Å². The maximum Gasteiger partial charge on any atom is 0.238 e. The van der Waals surface area contributed by atoms with Gasteiger partial charge in [0.15, 0.2) is 0 Å². The Morgan fingerprint density at radius 2 is 1.71 bits per heavy atom. The minimum absolute atomic E-state index is 0.155. The van der Waals surface area contributed by atoms with Crippen molar-refractivity contribution >= 4 is 23.2 Å². The molecular weight excluding hydrogens is 291 g/mol. The van der Waals surface area contributed by atoms with Crippen LogP contribution in [0.3, 0.4) is 0 Å². The Labute approximate surface area is 128 Å². The van der Waals surface area contributed by atoms with Gasteiger partial charge in [0.1, 0.15) is 5.82 Å². The highest BCUT2D eigenvalue weighted by atomic mass is 35.5. The van der Waals surface area contributed by atoms with Crippen LogP contribution in [-0.2, 0) is 11.2 Å². The van der Waals surface area contributed by atoms with Crippen LogP contribution in [0.2, 0.25) is 5.02 Å². The fourth-order valence-electron chi connectivity index (χ4n) is 1.82. The van der Waals surface area contributed by atoms with Crippen LogP contribution in [0.25, 0.3) is 0 Å². The summed E-state index contributed by atoms with van der Waals surface area (Å²) >= 11 is 5.81. The van der Waals surface area contributed by atoms with Crippen molar-refractivity contribution in [3.63, 3.8) is 0 Å². The van der Waals surface area contributed by atoms with Gasteiger partial charge in [0.05, 0.1) is 6.54 Å². The lowest BCUT2D eigenvalue weighted by Crippen LogP contribution is -2.29. The summed E-state index contributed by atoms with van der Waals surface area (Å²) < 4.78 is 12.7. The van der Waals surface area contributed by atoms with Crippen LogP contribution < -0.4 is 10.6 Å². The molecule has 0 aliphatic rings. The predicted molar refractivity (Wildman–Crippen MR) is 83.1 cm³/mol. The normalized spacial score (nSPS) is 10.4. The molecule has 0 bridgehead atoms. The molecule has 0 saturated heterocycles. The van der Waals surface area contributed by atoms with Crippen LogP contribution in [0, 0.1) is 5.82 Å². The first-order chi connectivity index (χ1) is 10.1. The number of hydrogen-bond acceptors (Lipinski definition) is 2. The largest absolute Gasteiger partial charge is 0.325 e. The minimum atomic E-state index is -0.325. The van der Waals surface area contributed by atoms with Crippen molar-refractivity contribution in [2.45, 2.75) is 6.42 Å². The Balaban J connectivity index is 1.67. The van der Waals surface area contributed by atoms with E-state index in [0.29, 0.717) is 17.3 Å². The van der Waals surface area contributed by atoms with Crippen LogP contribution in [0.5, 0.6) is 0 Å². The quantitative estimate of drug-likeness (QED) is 0.804. The summed E-state index contributed by atoms with van der Waals surface area (Å²) in [5.74, 6) is -0.480. The first-order valence-electron chi connectivity index (χ1n) is 6.64. The number of halogens is 2. The van der Waals surface area contributed by atoms with E-state index in [2.05, 4.69) is 10.6 Å². The molecular formula is C16H16ClFN2O. The van der Waals surface area contributed by atoms with Crippen molar-refractivity contribution in [3.05, 3.63) is 64.9 Å². The average Bonchev–Trinajstić information content (AvgIpc) is 2.48. The Bertz CT molecular complexity index is 584. The smallest absolute Gasteiger partial charge is 0.238 e. The number of hydrogen-bond donors (Lipinski definition) is 2. The second kappa shape index (κ2) is 7.76. The van der Waals surface area contributed by atoms with Gasteiger partial charge in [0, 0.05) is 10.7 Å². The number of carbonyl (C=O) groups is 1. The van der Waals surface area contributed by atoms with Crippen LogP contribution in [0.15, 0.2) is 48.5 Å². The van der Waals surface area contributed by atoms with Gasteiger partial charge >= 0.3 is 0 Å². The number of benzene rings is 2. The van der Waals surface area contributed by atoms with Crippen molar-refractivity contribution in [2.24, 2.45) is 0 Å². The topological polar surface area (TPSA) is 41.1 Å². The summed E-state index contributed by atoms with van der Waals surface area (Å²) in [6, 6.07) is 13.3. The third kappa shape index (κ3) is 5.53. The van der Waals surface area contributed by atoms with Crippen LogP contribution in [-0.4, -0.2) is 19.0 Å². The lowest BCUT2D eigenvalue weighted by atomic mass is 10.1. The first kappa shape index (κ1) is 15.5. The fourth-order valence-corrected chi connectivity index (χ4v) is 1.95. The van der Waals surface area contributed by atoms with Crippen molar-refractivity contribution in [2.75, 3.05) is 18.4 Å². The number of anilines is 1. The van der Waals surface area contributed by atoms with E-state index in [-0.39, 0.29) is 18.3 Å². The molecule has 0 unspecified atom stereocenters. The predicted octanol–water partition coefficient (Wildman–Crippen LogP) is 3.25. The molecule has 0 heterocycles. The summed E-state index contributed by atoms with van der Waals surface area (Å²) in [6.45, 7) is 0.906. The summed E-state index contributed by atoms with van der Waals surface area (Å²) in [6.07, 6.45) is 0.820. The Morgan fingerprint density at radius 3 is 2.38 bits per heavy atom. The van der Waals surface area contributed by atoms with Gasteiger partial charge < -0.3 is 10.6 Å². The zero-order valence-corrected chi connectivity index (χ0v) is 12.2. The summed E-state index contributed by atoms with van der Waals surface area (Å²) in [5, 5.41) is 6.46. The minimum Gasteiger partial charge on any atom is -0.325 e. The Hall–Kier alpha value is -1.91.